The maximum atomic E-state index is 12.8. The van der Waals surface area contributed by atoms with Crippen molar-refractivity contribution in [2.45, 2.75) is 30.5 Å². The van der Waals surface area contributed by atoms with Crippen LogP contribution in [0.4, 0.5) is 0 Å². The van der Waals surface area contributed by atoms with Crippen molar-refractivity contribution in [3.05, 3.63) is 65.1 Å². The molecular formula is C24H24ClN3O4S. The molecule has 0 spiro atoms. The number of ether oxygens (including phenoxy) is 1. The van der Waals surface area contributed by atoms with Crippen molar-refractivity contribution in [1.29, 1.82) is 0 Å². The van der Waals surface area contributed by atoms with Gasteiger partial charge in [0.25, 0.3) is 5.91 Å². The van der Waals surface area contributed by atoms with Crippen LogP contribution in [0.1, 0.15) is 36.1 Å². The average Bonchev–Trinajstić information content (AvgIpc) is 3.32. The van der Waals surface area contributed by atoms with E-state index in [1.807, 2.05) is 36.4 Å². The Labute approximate surface area is 201 Å². The number of carbonyl (C=O) groups is 2. The Morgan fingerprint density at radius 2 is 1.97 bits per heavy atom. The fourth-order valence-corrected chi connectivity index (χ4v) is 4.49. The molecule has 1 aliphatic rings. The first-order valence-corrected chi connectivity index (χ1v) is 12.2. The molecule has 1 atom stereocenters. The number of hydrogen-bond donors (Lipinski definition) is 0. The van der Waals surface area contributed by atoms with Crippen LogP contribution in [0, 0.1) is 5.92 Å². The van der Waals surface area contributed by atoms with Gasteiger partial charge in [0.1, 0.15) is 10.8 Å². The van der Waals surface area contributed by atoms with E-state index in [0.29, 0.717) is 36.2 Å². The number of thioether (sulfide) groups is 1. The second-order valence-corrected chi connectivity index (χ2v) is 9.09. The molecule has 0 bridgehead atoms. The molecule has 0 radical (unpaired) electrons. The molecule has 3 aromatic rings. The van der Waals surface area contributed by atoms with Crippen LogP contribution < -0.4 is 0 Å². The number of rotatable bonds is 7. The van der Waals surface area contributed by atoms with Gasteiger partial charge in [-0.1, -0.05) is 35.5 Å². The molecule has 0 N–H and O–H groups in total. The molecule has 1 aliphatic heterocycles. The second-order valence-electron chi connectivity index (χ2n) is 7.66. The quantitative estimate of drug-likeness (QED) is 0.340. The Morgan fingerprint density at radius 1 is 1.15 bits per heavy atom. The predicted octanol–water partition coefficient (Wildman–Crippen LogP) is 5.10. The zero-order valence-corrected chi connectivity index (χ0v) is 19.8. The first kappa shape index (κ1) is 23.3. The molecule has 1 amide bonds. The minimum atomic E-state index is -0.276. The number of aromatic nitrogens is 2. The van der Waals surface area contributed by atoms with Gasteiger partial charge in [0, 0.05) is 23.7 Å². The first-order valence-electron chi connectivity index (χ1n) is 10.8. The van der Waals surface area contributed by atoms with Gasteiger partial charge in [-0.3, -0.25) is 9.59 Å². The van der Waals surface area contributed by atoms with E-state index in [4.69, 9.17) is 20.8 Å². The van der Waals surface area contributed by atoms with Gasteiger partial charge in [0.05, 0.1) is 24.0 Å². The van der Waals surface area contributed by atoms with Crippen molar-refractivity contribution in [1.82, 2.24) is 15.1 Å². The molecule has 1 saturated heterocycles. The van der Waals surface area contributed by atoms with Crippen molar-refractivity contribution < 1.29 is 18.7 Å². The van der Waals surface area contributed by atoms with Crippen molar-refractivity contribution in [2.24, 2.45) is 5.92 Å². The lowest BCUT2D eigenvalue weighted by Gasteiger charge is -2.30. The van der Waals surface area contributed by atoms with Crippen molar-refractivity contribution in [3.8, 4) is 11.3 Å². The Kier molecular flexibility index (Phi) is 7.67. The SMILES string of the molecule is CCOC(=O)C1CCCN(C(=O)c2ccc(CSc3ccc(-c4ccc(Cl)cc4)nn3)o2)C1. The van der Waals surface area contributed by atoms with Crippen molar-refractivity contribution in [2.75, 3.05) is 19.7 Å². The van der Waals surface area contributed by atoms with Gasteiger partial charge in [-0.25, -0.2) is 0 Å². The smallest absolute Gasteiger partial charge is 0.310 e. The van der Waals surface area contributed by atoms with Crippen LogP contribution in [0.25, 0.3) is 11.3 Å². The Hall–Kier alpha value is -2.84. The Bertz CT molecular complexity index is 1100. The summed E-state index contributed by atoms with van der Waals surface area (Å²) in [5.41, 5.74) is 1.71. The molecule has 1 unspecified atom stereocenters. The molecule has 4 rings (SSSR count). The van der Waals surface area contributed by atoms with E-state index in [-0.39, 0.29) is 23.6 Å². The lowest BCUT2D eigenvalue weighted by Crippen LogP contribution is -2.42. The lowest BCUT2D eigenvalue weighted by atomic mass is 9.98. The Balaban J connectivity index is 1.32. The molecule has 0 saturated carbocycles. The summed E-state index contributed by atoms with van der Waals surface area (Å²) in [6.07, 6.45) is 1.50. The highest BCUT2D eigenvalue weighted by Crippen LogP contribution is 2.26. The molecule has 7 nitrogen and oxygen atoms in total. The summed E-state index contributed by atoms with van der Waals surface area (Å²) < 4.78 is 10.9. The van der Waals surface area contributed by atoms with Crippen LogP contribution in [0.2, 0.25) is 5.02 Å². The molecule has 0 aliphatic carbocycles. The summed E-state index contributed by atoms with van der Waals surface area (Å²) in [6.45, 7) is 3.09. The second kappa shape index (κ2) is 10.9. The molecule has 1 fully saturated rings. The van der Waals surface area contributed by atoms with E-state index < -0.39 is 0 Å². The number of likely N-dealkylation sites (tertiary alicyclic amines) is 1. The van der Waals surface area contributed by atoms with Crippen LogP contribution in [0.5, 0.6) is 0 Å². The molecule has 3 heterocycles. The van der Waals surface area contributed by atoms with Gasteiger partial charge in [-0.2, -0.15) is 0 Å². The molecule has 33 heavy (non-hydrogen) atoms. The number of amides is 1. The third-order valence-corrected chi connectivity index (χ3v) is 6.54. The van der Waals surface area contributed by atoms with Crippen LogP contribution in [-0.4, -0.2) is 46.7 Å². The minimum Gasteiger partial charge on any atom is -0.466 e. The van der Waals surface area contributed by atoms with E-state index in [2.05, 4.69) is 10.2 Å². The predicted molar refractivity (Wildman–Crippen MR) is 126 cm³/mol. The lowest BCUT2D eigenvalue weighted by molar-refractivity contribution is -0.149. The highest BCUT2D eigenvalue weighted by molar-refractivity contribution is 7.98. The third kappa shape index (κ3) is 5.94. The van der Waals surface area contributed by atoms with E-state index in [1.165, 1.54) is 11.8 Å². The van der Waals surface area contributed by atoms with E-state index in [0.717, 1.165) is 29.1 Å². The summed E-state index contributed by atoms with van der Waals surface area (Å²) in [5, 5.41) is 9.97. The number of carbonyl (C=O) groups excluding carboxylic acids is 2. The van der Waals surface area contributed by atoms with Gasteiger partial charge in [0.15, 0.2) is 5.76 Å². The first-order chi connectivity index (χ1) is 16.0. The van der Waals surface area contributed by atoms with Gasteiger partial charge in [-0.05, 0) is 56.2 Å². The molecule has 1 aromatic carbocycles. The summed E-state index contributed by atoms with van der Waals surface area (Å²) in [6, 6.07) is 14.7. The highest BCUT2D eigenvalue weighted by atomic mass is 35.5. The summed E-state index contributed by atoms with van der Waals surface area (Å²) in [5.74, 6) is 0.752. The molecule has 2 aromatic heterocycles. The molecule has 172 valence electrons. The van der Waals surface area contributed by atoms with Gasteiger partial charge < -0.3 is 14.1 Å². The van der Waals surface area contributed by atoms with E-state index in [1.54, 1.807) is 24.0 Å². The zero-order chi connectivity index (χ0) is 23.2. The molecule has 9 heteroatoms. The number of hydrogen-bond acceptors (Lipinski definition) is 7. The number of piperidine rings is 1. The van der Waals surface area contributed by atoms with E-state index >= 15 is 0 Å². The standard InChI is InChI=1S/C24H24ClN3O4S/c1-2-31-24(30)17-4-3-13-28(14-17)23(29)21-11-9-19(32-21)15-33-22-12-10-20(26-27-22)16-5-7-18(25)8-6-16/h5-12,17H,2-4,13-15H2,1H3. The fraction of sp³-hybridized carbons (Fsp3) is 0.333. The number of benzene rings is 1. The minimum absolute atomic E-state index is 0.202. The summed E-state index contributed by atoms with van der Waals surface area (Å²) in [7, 11) is 0. The van der Waals surface area contributed by atoms with Crippen LogP contribution in [0.3, 0.4) is 0 Å². The van der Waals surface area contributed by atoms with Gasteiger partial charge >= 0.3 is 5.97 Å². The van der Waals surface area contributed by atoms with Crippen molar-refractivity contribution in [3.63, 3.8) is 0 Å². The van der Waals surface area contributed by atoms with Crippen LogP contribution >= 0.6 is 23.4 Å². The molecular weight excluding hydrogens is 462 g/mol. The number of halogens is 1. The topological polar surface area (TPSA) is 85.5 Å². The largest absolute Gasteiger partial charge is 0.466 e. The summed E-state index contributed by atoms with van der Waals surface area (Å²) >= 11 is 7.40. The normalized spacial score (nSPS) is 15.9. The fourth-order valence-electron chi connectivity index (χ4n) is 3.66. The Morgan fingerprint density at radius 3 is 2.70 bits per heavy atom. The number of nitrogens with zero attached hydrogens (tertiary/aromatic N) is 3. The highest BCUT2D eigenvalue weighted by Gasteiger charge is 2.30. The van der Waals surface area contributed by atoms with Crippen LogP contribution in [-0.2, 0) is 15.3 Å². The van der Waals surface area contributed by atoms with E-state index in [9.17, 15) is 9.59 Å². The zero-order valence-electron chi connectivity index (χ0n) is 18.2. The monoisotopic (exact) mass is 485 g/mol. The van der Waals surface area contributed by atoms with Gasteiger partial charge in [0.2, 0.25) is 0 Å². The third-order valence-electron chi connectivity index (χ3n) is 5.34. The van der Waals surface area contributed by atoms with Crippen molar-refractivity contribution >= 4 is 35.2 Å². The number of furan rings is 1. The van der Waals surface area contributed by atoms with Gasteiger partial charge in [-0.15, -0.1) is 10.2 Å². The average molecular weight is 486 g/mol. The maximum Gasteiger partial charge on any atom is 0.310 e. The summed E-state index contributed by atoms with van der Waals surface area (Å²) in [4.78, 5) is 26.6. The maximum absolute atomic E-state index is 12.8. The number of esters is 1. The van der Waals surface area contributed by atoms with Crippen LogP contribution in [0.15, 0.2) is 58.0 Å².